The molecule has 0 aromatic carbocycles. The minimum absolute atomic E-state index is 0. The van der Waals surface area contributed by atoms with Crippen molar-refractivity contribution in [2.24, 2.45) is 0 Å². The summed E-state index contributed by atoms with van der Waals surface area (Å²) in [6, 6.07) is 0. The Balaban J connectivity index is 0. The van der Waals surface area contributed by atoms with Crippen LogP contribution in [0.5, 0.6) is 0 Å². The van der Waals surface area contributed by atoms with Crippen molar-refractivity contribution in [2.45, 2.75) is 0 Å². The van der Waals surface area contributed by atoms with Crippen molar-refractivity contribution in [1.82, 2.24) is 0 Å². The van der Waals surface area contributed by atoms with Crippen LogP contribution in [0.15, 0.2) is 12.7 Å². The summed E-state index contributed by atoms with van der Waals surface area (Å²) in [4.78, 5) is 0. The van der Waals surface area contributed by atoms with E-state index in [0.29, 0.717) is 39.6 Å². The second-order valence-corrected chi connectivity index (χ2v) is 4.99. The SMILES string of the molecule is C=CCOCCOCCOCCOCCS(=O)(=O)[O-].[Li+]. The van der Waals surface area contributed by atoms with Gasteiger partial charge < -0.3 is 23.5 Å². The molecule has 114 valence electrons. The van der Waals surface area contributed by atoms with Crippen molar-refractivity contribution in [3.8, 4) is 0 Å². The fourth-order valence-electron chi connectivity index (χ4n) is 0.987. The molecular weight excluding hydrogens is 283 g/mol. The second kappa shape index (κ2) is 15.5. The molecule has 0 aromatic rings. The second-order valence-electron chi connectivity index (χ2n) is 3.46. The van der Waals surface area contributed by atoms with E-state index >= 15 is 0 Å². The molecule has 0 aromatic heterocycles. The first-order chi connectivity index (χ1) is 9.06. The van der Waals surface area contributed by atoms with E-state index in [-0.39, 0.29) is 32.1 Å². The summed E-state index contributed by atoms with van der Waals surface area (Å²) in [6.45, 7) is 6.38. The summed E-state index contributed by atoms with van der Waals surface area (Å²) in [6.07, 6.45) is 1.67. The van der Waals surface area contributed by atoms with Gasteiger partial charge in [-0.15, -0.1) is 6.58 Å². The van der Waals surface area contributed by atoms with Crippen LogP contribution in [0.1, 0.15) is 0 Å². The van der Waals surface area contributed by atoms with E-state index in [1.165, 1.54) is 0 Å². The van der Waals surface area contributed by atoms with Gasteiger partial charge in [0.25, 0.3) is 0 Å². The van der Waals surface area contributed by atoms with E-state index in [9.17, 15) is 13.0 Å². The Labute approximate surface area is 132 Å². The van der Waals surface area contributed by atoms with Gasteiger partial charge in [0, 0.05) is 0 Å². The van der Waals surface area contributed by atoms with Crippen molar-refractivity contribution < 1.29 is 50.8 Å². The molecular formula is C11H21LiO7S. The Bertz CT molecular complexity index is 308. The monoisotopic (exact) mass is 304 g/mol. The van der Waals surface area contributed by atoms with Crippen molar-refractivity contribution in [3.63, 3.8) is 0 Å². The molecule has 0 rings (SSSR count). The van der Waals surface area contributed by atoms with Gasteiger partial charge in [-0.25, -0.2) is 8.42 Å². The molecule has 0 saturated heterocycles. The maximum Gasteiger partial charge on any atom is 1.00 e. The quantitative estimate of drug-likeness (QED) is 0.144. The molecule has 9 heteroatoms. The summed E-state index contributed by atoms with van der Waals surface area (Å²) in [5.74, 6) is -0.513. The van der Waals surface area contributed by atoms with E-state index in [1.807, 2.05) is 0 Å². The molecule has 0 atom stereocenters. The van der Waals surface area contributed by atoms with E-state index in [2.05, 4.69) is 6.58 Å². The zero-order valence-electron chi connectivity index (χ0n) is 11.9. The molecule has 20 heavy (non-hydrogen) atoms. The summed E-state index contributed by atoms with van der Waals surface area (Å²) < 4.78 is 51.1. The molecule has 0 heterocycles. The Morgan fingerprint density at radius 1 is 0.850 bits per heavy atom. The average molecular weight is 304 g/mol. The molecule has 0 bridgehead atoms. The zero-order valence-corrected chi connectivity index (χ0v) is 12.7. The number of rotatable bonds is 14. The van der Waals surface area contributed by atoms with Crippen molar-refractivity contribution in [3.05, 3.63) is 12.7 Å². The summed E-state index contributed by atoms with van der Waals surface area (Å²) in [5, 5.41) is 0. The molecule has 7 nitrogen and oxygen atoms in total. The van der Waals surface area contributed by atoms with Crippen LogP contribution in [0.25, 0.3) is 0 Å². The van der Waals surface area contributed by atoms with Gasteiger partial charge >= 0.3 is 18.9 Å². The minimum atomic E-state index is -4.19. The van der Waals surface area contributed by atoms with Crippen LogP contribution in [0, 0.1) is 0 Å². The van der Waals surface area contributed by atoms with Crippen LogP contribution >= 0.6 is 0 Å². The van der Waals surface area contributed by atoms with Gasteiger partial charge in [0.05, 0.1) is 68.7 Å². The Hall–Kier alpha value is 0.0874. The zero-order chi connectivity index (χ0) is 14.4. The first-order valence-corrected chi connectivity index (χ1v) is 7.49. The average Bonchev–Trinajstić information content (AvgIpc) is 2.34. The first-order valence-electron chi connectivity index (χ1n) is 5.91. The smallest absolute Gasteiger partial charge is 0.748 e. The third-order valence-corrected chi connectivity index (χ3v) is 2.50. The molecule has 0 spiro atoms. The predicted octanol–water partition coefficient (Wildman–Crippen LogP) is -3.21. The number of ether oxygens (including phenoxy) is 4. The van der Waals surface area contributed by atoms with Crippen molar-refractivity contribution in [2.75, 3.05) is 58.6 Å². The van der Waals surface area contributed by atoms with E-state index < -0.39 is 15.9 Å². The molecule has 0 aliphatic carbocycles. The normalized spacial score (nSPS) is 11.1. The van der Waals surface area contributed by atoms with Crippen LogP contribution in [-0.2, 0) is 29.1 Å². The molecule has 0 unspecified atom stereocenters. The summed E-state index contributed by atoms with van der Waals surface area (Å²) in [7, 11) is -4.19. The van der Waals surface area contributed by atoms with Gasteiger partial charge in [-0.1, -0.05) is 6.08 Å². The van der Waals surface area contributed by atoms with E-state index in [0.717, 1.165) is 0 Å². The molecule has 0 aliphatic rings. The van der Waals surface area contributed by atoms with Gasteiger partial charge in [0.1, 0.15) is 0 Å². The maximum atomic E-state index is 10.2. The van der Waals surface area contributed by atoms with Crippen LogP contribution in [-0.4, -0.2) is 71.6 Å². The maximum absolute atomic E-state index is 10.2. The Kier molecular flexibility index (Phi) is 17.3. The van der Waals surface area contributed by atoms with E-state index in [4.69, 9.17) is 18.9 Å². The van der Waals surface area contributed by atoms with Crippen molar-refractivity contribution in [1.29, 1.82) is 0 Å². The van der Waals surface area contributed by atoms with Crippen molar-refractivity contribution >= 4 is 10.1 Å². The molecule has 0 radical (unpaired) electrons. The van der Waals surface area contributed by atoms with Crippen LogP contribution in [0.2, 0.25) is 0 Å². The van der Waals surface area contributed by atoms with Gasteiger partial charge in [-0.05, 0) is 0 Å². The Morgan fingerprint density at radius 3 is 1.65 bits per heavy atom. The van der Waals surface area contributed by atoms with Gasteiger partial charge in [-0.3, -0.25) is 0 Å². The largest absolute Gasteiger partial charge is 1.00 e. The third-order valence-electron chi connectivity index (χ3n) is 1.83. The molecule has 0 amide bonds. The Morgan fingerprint density at radius 2 is 1.25 bits per heavy atom. The van der Waals surface area contributed by atoms with Crippen LogP contribution in [0.3, 0.4) is 0 Å². The summed E-state index contributed by atoms with van der Waals surface area (Å²) in [5.41, 5.74) is 0. The number of hydrogen-bond acceptors (Lipinski definition) is 7. The molecule has 0 saturated carbocycles. The minimum Gasteiger partial charge on any atom is -0.748 e. The molecule has 0 fully saturated rings. The first kappa shape index (κ1) is 22.4. The van der Waals surface area contributed by atoms with Gasteiger partial charge in [0.15, 0.2) is 0 Å². The topological polar surface area (TPSA) is 94.1 Å². The van der Waals surface area contributed by atoms with Crippen LogP contribution < -0.4 is 18.9 Å². The van der Waals surface area contributed by atoms with Crippen LogP contribution in [0.4, 0.5) is 0 Å². The van der Waals surface area contributed by atoms with Gasteiger partial charge in [0.2, 0.25) is 0 Å². The standard InChI is InChI=1S/C11H22O7S.Li/c1-2-3-15-4-5-16-6-7-17-8-9-18-10-11-19(12,13)14;/h2H,1,3-11H2,(H,12,13,14);/q;+1/p-1. The van der Waals surface area contributed by atoms with E-state index in [1.54, 1.807) is 6.08 Å². The third kappa shape index (κ3) is 20.4. The van der Waals surface area contributed by atoms with Gasteiger partial charge in [-0.2, -0.15) is 0 Å². The fourth-order valence-corrected chi connectivity index (χ4v) is 1.31. The predicted molar refractivity (Wildman–Crippen MR) is 68.0 cm³/mol. The number of hydrogen-bond donors (Lipinski definition) is 0. The summed E-state index contributed by atoms with van der Waals surface area (Å²) >= 11 is 0. The molecule has 0 aliphatic heterocycles. The fraction of sp³-hybridized carbons (Fsp3) is 0.818. The molecule has 0 N–H and O–H groups in total.